The fraction of sp³-hybridized carbons (Fsp3) is 0.929. The zero-order valence-electron chi connectivity index (χ0n) is 25.1. The maximum Gasteiger partial charge on any atom is 0.192 e. The van der Waals surface area contributed by atoms with Gasteiger partial charge in [0.15, 0.2) is 16.6 Å². The summed E-state index contributed by atoms with van der Waals surface area (Å²) in [6.07, 6.45) is 1.45. The molecule has 0 aliphatic heterocycles. The molecule has 0 aliphatic rings. The number of ketones is 2. The van der Waals surface area contributed by atoms with Gasteiger partial charge in [0.2, 0.25) is 0 Å². The molecule has 202 valence electrons. The van der Waals surface area contributed by atoms with E-state index in [0.717, 1.165) is 31.0 Å². The van der Waals surface area contributed by atoms with E-state index in [1.54, 1.807) is 6.92 Å². The summed E-state index contributed by atoms with van der Waals surface area (Å²) in [6, 6.07) is 3.17. The Morgan fingerprint density at radius 2 is 1.18 bits per heavy atom. The number of rotatable bonds is 16. The van der Waals surface area contributed by atoms with Crippen molar-refractivity contribution in [3.05, 3.63) is 0 Å². The summed E-state index contributed by atoms with van der Waals surface area (Å²) >= 11 is 0. The Kier molecular flexibility index (Phi) is 13.7. The van der Waals surface area contributed by atoms with Gasteiger partial charge in [-0.3, -0.25) is 9.59 Å². The first-order valence-corrected chi connectivity index (χ1v) is 19.4. The third-order valence-electron chi connectivity index (χ3n) is 8.98. The van der Waals surface area contributed by atoms with Crippen LogP contribution in [-0.4, -0.2) is 40.4 Å². The molecule has 0 aromatic carbocycles. The van der Waals surface area contributed by atoms with Crippen molar-refractivity contribution in [2.75, 3.05) is 0 Å². The molecule has 0 rings (SSSR count). The van der Waals surface area contributed by atoms with Crippen molar-refractivity contribution in [1.82, 2.24) is 0 Å². The molecule has 0 aromatic heterocycles. The SMILES string of the molecule is CC[C@H](O[Si](C)(C)C(C)(C)C)[C@H](C)C(=O)C(C)C(=O)[C@@H](C)[C@@H](O[Si](CC)(CC)CC)[C@@H](C)CC. The molecule has 0 saturated heterocycles. The number of hydrogen-bond donors (Lipinski definition) is 0. The van der Waals surface area contributed by atoms with E-state index in [2.05, 4.69) is 75.4 Å². The lowest BCUT2D eigenvalue weighted by Gasteiger charge is -2.41. The van der Waals surface area contributed by atoms with Crippen molar-refractivity contribution in [2.45, 2.75) is 144 Å². The predicted molar refractivity (Wildman–Crippen MR) is 151 cm³/mol. The van der Waals surface area contributed by atoms with E-state index >= 15 is 0 Å². The molecule has 0 aliphatic carbocycles. The lowest BCUT2D eigenvalue weighted by atomic mass is 9.80. The van der Waals surface area contributed by atoms with Gasteiger partial charge in [0.25, 0.3) is 0 Å². The minimum atomic E-state index is -2.01. The molecule has 0 radical (unpaired) electrons. The van der Waals surface area contributed by atoms with Gasteiger partial charge in [-0.15, -0.1) is 0 Å². The minimum Gasteiger partial charge on any atom is -0.413 e. The molecular formula is C28H58O4Si2. The van der Waals surface area contributed by atoms with E-state index in [0.29, 0.717) is 0 Å². The predicted octanol–water partition coefficient (Wildman–Crippen LogP) is 8.27. The molecule has 0 saturated carbocycles. The van der Waals surface area contributed by atoms with Crippen molar-refractivity contribution in [2.24, 2.45) is 23.7 Å². The summed E-state index contributed by atoms with van der Waals surface area (Å²) in [6.45, 7) is 29.9. The maximum absolute atomic E-state index is 13.6. The molecule has 4 nitrogen and oxygen atoms in total. The molecule has 1 unspecified atom stereocenters. The van der Waals surface area contributed by atoms with Crippen molar-refractivity contribution in [3.8, 4) is 0 Å². The van der Waals surface area contributed by atoms with Gasteiger partial charge in [0.1, 0.15) is 11.6 Å². The second-order valence-corrected chi connectivity index (χ2v) is 21.6. The van der Waals surface area contributed by atoms with E-state index in [1.807, 2.05) is 13.8 Å². The van der Waals surface area contributed by atoms with E-state index in [1.165, 1.54) is 0 Å². The topological polar surface area (TPSA) is 52.6 Å². The zero-order valence-corrected chi connectivity index (χ0v) is 27.1. The summed E-state index contributed by atoms with van der Waals surface area (Å²) in [5, 5.41) is 0.0776. The molecule has 0 fully saturated rings. The third-order valence-corrected chi connectivity index (χ3v) is 18.1. The molecule has 0 aromatic rings. The van der Waals surface area contributed by atoms with Crippen LogP contribution in [-0.2, 0) is 18.4 Å². The van der Waals surface area contributed by atoms with E-state index in [-0.39, 0.29) is 46.6 Å². The van der Waals surface area contributed by atoms with Gasteiger partial charge < -0.3 is 8.85 Å². The Balaban J connectivity index is 5.74. The lowest BCUT2D eigenvalue weighted by molar-refractivity contribution is -0.139. The highest BCUT2D eigenvalue weighted by molar-refractivity contribution is 6.74. The van der Waals surface area contributed by atoms with Crippen LogP contribution in [0.1, 0.15) is 95.9 Å². The average Bonchev–Trinajstić information content (AvgIpc) is 2.80. The second-order valence-electron chi connectivity index (χ2n) is 12.1. The second kappa shape index (κ2) is 13.9. The van der Waals surface area contributed by atoms with Crippen molar-refractivity contribution in [3.63, 3.8) is 0 Å². The van der Waals surface area contributed by atoms with Crippen molar-refractivity contribution in [1.29, 1.82) is 0 Å². The van der Waals surface area contributed by atoms with Gasteiger partial charge in [0.05, 0.1) is 18.1 Å². The lowest BCUT2D eigenvalue weighted by Crippen LogP contribution is -2.49. The maximum atomic E-state index is 13.6. The average molecular weight is 515 g/mol. The highest BCUT2D eigenvalue weighted by Gasteiger charge is 2.43. The number of carbonyl (C=O) groups is 2. The minimum absolute atomic E-state index is 0.00953. The van der Waals surface area contributed by atoms with Crippen LogP contribution in [0.2, 0.25) is 36.3 Å². The summed E-state index contributed by atoms with van der Waals surface area (Å²) in [5.74, 6) is -0.924. The van der Waals surface area contributed by atoms with Crippen LogP contribution >= 0.6 is 0 Å². The standard InChI is InChI=1S/C28H58O4Si2/c1-15-20(6)27(32-34(17-3,18-4)19-5)23(9)26(30)22(8)25(29)21(7)24(16-2)31-33(13,14)28(10,11)12/h20-24,27H,15-19H2,1-14H3/t20-,21-,22?,23+,24-,27-/m0/s1. The molecule has 6 atom stereocenters. The monoisotopic (exact) mass is 514 g/mol. The smallest absolute Gasteiger partial charge is 0.192 e. The molecule has 0 amide bonds. The van der Waals surface area contributed by atoms with Gasteiger partial charge in [0, 0.05) is 11.8 Å². The highest BCUT2D eigenvalue weighted by atomic mass is 28.4. The molecule has 0 heterocycles. The Bertz CT molecular complexity index is 629. The first kappa shape index (κ1) is 33.7. The first-order valence-electron chi connectivity index (χ1n) is 13.9. The third kappa shape index (κ3) is 8.38. The van der Waals surface area contributed by atoms with Crippen LogP contribution < -0.4 is 0 Å². The Labute approximate surface area is 214 Å². The van der Waals surface area contributed by atoms with Gasteiger partial charge in [-0.05, 0) is 55.5 Å². The fourth-order valence-corrected chi connectivity index (χ4v) is 9.10. The van der Waals surface area contributed by atoms with Gasteiger partial charge in [-0.25, -0.2) is 0 Å². The molecule has 0 N–H and O–H groups in total. The normalized spacial score (nSPS) is 18.6. The van der Waals surface area contributed by atoms with Crippen LogP contribution in [0, 0.1) is 23.7 Å². The zero-order chi connectivity index (χ0) is 27.1. The molecule has 0 bridgehead atoms. The Morgan fingerprint density at radius 3 is 1.53 bits per heavy atom. The van der Waals surface area contributed by atoms with Gasteiger partial charge in [-0.2, -0.15) is 0 Å². The van der Waals surface area contributed by atoms with E-state index in [9.17, 15) is 9.59 Å². The molecular weight excluding hydrogens is 456 g/mol. The van der Waals surface area contributed by atoms with Crippen LogP contribution in [0.15, 0.2) is 0 Å². The van der Waals surface area contributed by atoms with Crippen LogP contribution in [0.5, 0.6) is 0 Å². The Hall–Kier alpha value is -0.306. The summed E-state index contributed by atoms with van der Waals surface area (Å²) in [5.41, 5.74) is 0. The molecule has 34 heavy (non-hydrogen) atoms. The van der Waals surface area contributed by atoms with Crippen molar-refractivity contribution >= 4 is 28.2 Å². The molecule has 6 heteroatoms. The van der Waals surface area contributed by atoms with Gasteiger partial charge >= 0.3 is 0 Å². The van der Waals surface area contributed by atoms with Gasteiger partial charge in [-0.1, -0.05) is 82.6 Å². The van der Waals surface area contributed by atoms with Crippen LogP contribution in [0.4, 0.5) is 0 Å². The number of carbonyl (C=O) groups excluding carboxylic acids is 2. The largest absolute Gasteiger partial charge is 0.413 e. The van der Waals surface area contributed by atoms with Crippen molar-refractivity contribution < 1.29 is 18.4 Å². The summed E-state index contributed by atoms with van der Waals surface area (Å²) in [4.78, 5) is 27.2. The van der Waals surface area contributed by atoms with Crippen LogP contribution in [0.3, 0.4) is 0 Å². The Morgan fingerprint density at radius 1 is 0.735 bits per heavy atom. The van der Waals surface area contributed by atoms with E-state index < -0.39 is 22.6 Å². The van der Waals surface area contributed by atoms with Crippen LogP contribution in [0.25, 0.3) is 0 Å². The quantitative estimate of drug-likeness (QED) is 0.154. The molecule has 0 spiro atoms. The highest BCUT2D eigenvalue weighted by Crippen LogP contribution is 2.39. The summed E-state index contributed by atoms with van der Waals surface area (Å²) in [7, 11) is -3.88. The number of hydrogen-bond acceptors (Lipinski definition) is 4. The number of Topliss-reactive ketones (excluding diaryl/α,β-unsaturated/α-hetero) is 2. The fourth-order valence-electron chi connectivity index (χ4n) is 4.60. The summed E-state index contributed by atoms with van der Waals surface area (Å²) < 4.78 is 13.5. The first-order chi connectivity index (χ1) is 15.5. The van der Waals surface area contributed by atoms with E-state index in [4.69, 9.17) is 8.85 Å².